The average molecular weight is 373 g/mol. The normalized spacial score (nSPS) is 19.0. The number of benzene rings is 2. The van der Waals surface area contributed by atoms with E-state index in [0.29, 0.717) is 30.4 Å². The summed E-state index contributed by atoms with van der Waals surface area (Å²) in [5.41, 5.74) is 2.46. The highest BCUT2D eigenvalue weighted by Crippen LogP contribution is 2.38. The van der Waals surface area contributed by atoms with Gasteiger partial charge in [-0.15, -0.1) is 0 Å². The number of fused-ring (bicyclic) bond motifs is 1. The van der Waals surface area contributed by atoms with E-state index >= 15 is 0 Å². The van der Waals surface area contributed by atoms with Gasteiger partial charge in [-0.1, -0.05) is 49.7 Å². The van der Waals surface area contributed by atoms with E-state index in [1.165, 1.54) is 5.56 Å². The lowest BCUT2D eigenvalue weighted by Crippen LogP contribution is -2.50. The molecule has 3 rings (SSSR count). The van der Waals surface area contributed by atoms with Gasteiger partial charge in [-0.2, -0.15) is 0 Å². The SMILES string of the molecule is CCOC(=O)C1(Cc2ccc(Cl)cc2)CCc2cc(C(C)C)ccc2O1. The molecule has 0 bridgehead atoms. The molecule has 1 heterocycles. The highest BCUT2D eigenvalue weighted by atomic mass is 35.5. The number of carbonyl (C=O) groups excluding carboxylic acids is 1. The van der Waals surface area contributed by atoms with Crippen LogP contribution in [0.3, 0.4) is 0 Å². The van der Waals surface area contributed by atoms with Gasteiger partial charge in [-0.25, -0.2) is 4.79 Å². The maximum atomic E-state index is 12.8. The highest BCUT2D eigenvalue weighted by molar-refractivity contribution is 6.30. The lowest BCUT2D eigenvalue weighted by molar-refractivity contribution is -0.163. The molecular formula is C22H25ClO3. The van der Waals surface area contributed by atoms with Crippen molar-refractivity contribution in [3.05, 3.63) is 64.2 Å². The van der Waals surface area contributed by atoms with Crippen molar-refractivity contribution in [2.45, 2.75) is 51.6 Å². The van der Waals surface area contributed by atoms with Gasteiger partial charge in [0.2, 0.25) is 5.60 Å². The minimum atomic E-state index is -0.990. The predicted molar refractivity (Wildman–Crippen MR) is 104 cm³/mol. The summed E-state index contributed by atoms with van der Waals surface area (Å²) in [6.45, 7) is 6.51. The van der Waals surface area contributed by atoms with Crippen LogP contribution in [0.15, 0.2) is 42.5 Å². The van der Waals surface area contributed by atoms with Crippen LogP contribution in [0.2, 0.25) is 5.02 Å². The smallest absolute Gasteiger partial charge is 0.350 e. The lowest BCUT2D eigenvalue weighted by atomic mass is 9.84. The fourth-order valence-corrected chi connectivity index (χ4v) is 3.51. The Morgan fingerprint density at radius 2 is 1.96 bits per heavy atom. The molecule has 1 atom stereocenters. The van der Waals surface area contributed by atoms with Crippen molar-refractivity contribution in [1.82, 2.24) is 0 Å². The van der Waals surface area contributed by atoms with E-state index in [1.54, 1.807) is 0 Å². The lowest BCUT2D eigenvalue weighted by Gasteiger charge is -2.37. The predicted octanol–water partition coefficient (Wildman–Crippen LogP) is 5.33. The molecule has 3 nitrogen and oxygen atoms in total. The standard InChI is InChI=1S/C22H25ClO3/c1-4-25-21(24)22(14-16-5-8-19(23)9-6-16)12-11-18-13-17(15(2)3)7-10-20(18)26-22/h5-10,13,15H,4,11-12,14H2,1-3H3. The van der Waals surface area contributed by atoms with Crippen molar-refractivity contribution in [3.8, 4) is 5.75 Å². The van der Waals surface area contributed by atoms with Gasteiger partial charge in [0.15, 0.2) is 0 Å². The summed E-state index contributed by atoms with van der Waals surface area (Å²) in [5, 5.41) is 0.676. The van der Waals surface area contributed by atoms with Gasteiger partial charge in [0.05, 0.1) is 6.61 Å². The summed E-state index contributed by atoms with van der Waals surface area (Å²) in [6.07, 6.45) is 1.86. The number of halogens is 1. The first kappa shape index (κ1) is 18.8. The Morgan fingerprint density at radius 1 is 1.23 bits per heavy atom. The van der Waals surface area contributed by atoms with Crippen molar-refractivity contribution >= 4 is 17.6 Å². The Balaban J connectivity index is 1.92. The second kappa shape index (κ2) is 7.71. The van der Waals surface area contributed by atoms with E-state index in [0.717, 1.165) is 23.3 Å². The zero-order valence-corrected chi connectivity index (χ0v) is 16.3. The van der Waals surface area contributed by atoms with E-state index in [9.17, 15) is 4.79 Å². The van der Waals surface area contributed by atoms with Crippen molar-refractivity contribution in [2.75, 3.05) is 6.61 Å². The van der Waals surface area contributed by atoms with Gasteiger partial charge in [-0.05, 0) is 54.2 Å². The molecule has 0 saturated carbocycles. The molecule has 0 spiro atoms. The molecule has 26 heavy (non-hydrogen) atoms. The van der Waals surface area contributed by atoms with Crippen LogP contribution in [0.1, 0.15) is 49.8 Å². The molecule has 138 valence electrons. The van der Waals surface area contributed by atoms with Gasteiger partial charge >= 0.3 is 5.97 Å². The molecule has 0 saturated heterocycles. The van der Waals surface area contributed by atoms with Crippen molar-refractivity contribution in [3.63, 3.8) is 0 Å². The number of aryl methyl sites for hydroxylation is 1. The minimum Gasteiger partial charge on any atom is -0.475 e. The van der Waals surface area contributed by atoms with Crippen molar-refractivity contribution in [2.24, 2.45) is 0 Å². The van der Waals surface area contributed by atoms with E-state index in [2.05, 4.69) is 26.0 Å². The summed E-state index contributed by atoms with van der Waals surface area (Å²) in [5.74, 6) is 0.947. The first-order valence-corrected chi connectivity index (χ1v) is 9.55. The Kier molecular flexibility index (Phi) is 5.57. The molecule has 0 aliphatic carbocycles. The van der Waals surface area contributed by atoms with Crippen molar-refractivity contribution < 1.29 is 14.3 Å². The zero-order valence-electron chi connectivity index (χ0n) is 15.5. The molecule has 0 radical (unpaired) electrons. The van der Waals surface area contributed by atoms with Crippen LogP contribution in [0.25, 0.3) is 0 Å². The molecule has 2 aromatic rings. The van der Waals surface area contributed by atoms with Gasteiger partial charge in [0.25, 0.3) is 0 Å². The molecule has 4 heteroatoms. The summed E-state index contributed by atoms with van der Waals surface area (Å²) < 4.78 is 11.7. The van der Waals surface area contributed by atoms with Crippen LogP contribution in [0.5, 0.6) is 5.75 Å². The molecule has 1 unspecified atom stereocenters. The summed E-state index contributed by atoms with van der Waals surface area (Å²) in [6, 6.07) is 13.8. The fraction of sp³-hybridized carbons (Fsp3) is 0.409. The number of hydrogen-bond acceptors (Lipinski definition) is 3. The van der Waals surface area contributed by atoms with Crippen LogP contribution in [-0.4, -0.2) is 18.2 Å². The molecular weight excluding hydrogens is 348 g/mol. The van der Waals surface area contributed by atoms with Gasteiger partial charge < -0.3 is 9.47 Å². The van der Waals surface area contributed by atoms with Crippen LogP contribution < -0.4 is 4.74 Å². The van der Waals surface area contributed by atoms with Gasteiger partial charge in [-0.3, -0.25) is 0 Å². The third kappa shape index (κ3) is 3.88. The Bertz CT molecular complexity index is 782. The molecule has 1 aliphatic rings. The maximum absolute atomic E-state index is 12.8. The summed E-state index contributed by atoms with van der Waals surface area (Å²) in [7, 11) is 0. The van der Waals surface area contributed by atoms with Crippen molar-refractivity contribution in [1.29, 1.82) is 0 Å². The molecule has 0 N–H and O–H groups in total. The highest BCUT2D eigenvalue weighted by Gasteiger charge is 2.45. The topological polar surface area (TPSA) is 35.5 Å². The van der Waals surface area contributed by atoms with E-state index in [-0.39, 0.29) is 5.97 Å². The second-order valence-electron chi connectivity index (χ2n) is 7.14. The quantitative estimate of drug-likeness (QED) is 0.665. The first-order valence-electron chi connectivity index (χ1n) is 9.17. The number of hydrogen-bond donors (Lipinski definition) is 0. The monoisotopic (exact) mass is 372 g/mol. The number of esters is 1. The summed E-state index contributed by atoms with van der Waals surface area (Å²) >= 11 is 5.99. The molecule has 0 amide bonds. The fourth-order valence-electron chi connectivity index (χ4n) is 3.39. The van der Waals surface area contributed by atoms with Crippen LogP contribution >= 0.6 is 11.6 Å². The summed E-state index contributed by atoms with van der Waals surface area (Å²) in [4.78, 5) is 12.8. The number of ether oxygens (including phenoxy) is 2. The van der Waals surface area contributed by atoms with Crippen LogP contribution in [0, 0.1) is 0 Å². The Morgan fingerprint density at radius 3 is 2.62 bits per heavy atom. The van der Waals surface area contributed by atoms with E-state index in [1.807, 2.05) is 37.3 Å². The third-order valence-corrected chi connectivity index (χ3v) is 5.16. The van der Waals surface area contributed by atoms with Gasteiger partial charge in [0, 0.05) is 17.9 Å². The van der Waals surface area contributed by atoms with E-state index < -0.39 is 5.60 Å². The van der Waals surface area contributed by atoms with E-state index in [4.69, 9.17) is 21.1 Å². The minimum absolute atomic E-state index is 0.298. The maximum Gasteiger partial charge on any atom is 0.350 e. The second-order valence-corrected chi connectivity index (χ2v) is 7.58. The number of carbonyl (C=O) groups is 1. The Hall–Kier alpha value is -2.00. The molecule has 1 aliphatic heterocycles. The number of rotatable bonds is 5. The Labute approximate surface area is 160 Å². The average Bonchev–Trinajstić information content (AvgIpc) is 2.63. The third-order valence-electron chi connectivity index (χ3n) is 4.91. The largest absolute Gasteiger partial charge is 0.475 e. The molecule has 0 aromatic heterocycles. The molecule has 2 aromatic carbocycles. The molecule has 0 fully saturated rings. The van der Waals surface area contributed by atoms with Crippen LogP contribution in [-0.2, 0) is 22.4 Å². The first-order chi connectivity index (χ1) is 12.4. The van der Waals surface area contributed by atoms with Crippen LogP contribution in [0.4, 0.5) is 0 Å². The van der Waals surface area contributed by atoms with Gasteiger partial charge in [0.1, 0.15) is 5.75 Å². The zero-order chi connectivity index (χ0) is 18.7.